The summed E-state index contributed by atoms with van der Waals surface area (Å²) in [6.45, 7) is 0.774. The minimum absolute atomic E-state index is 0.0137. The smallest absolute Gasteiger partial charge is 0.255 e. The molecule has 1 aromatic carbocycles. The predicted molar refractivity (Wildman–Crippen MR) is 114 cm³/mol. The van der Waals surface area contributed by atoms with Crippen LogP contribution in [0.1, 0.15) is 59.6 Å². The highest BCUT2D eigenvalue weighted by molar-refractivity contribution is 5.94. The van der Waals surface area contributed by atoms with E-state index < -0.39 is 0 Å². The average Bonchev–Trinajstić information content (AvgIpc) is 3.24. The van der Waals surface area contributed by atoms with Crippen LogP contribution in [0.5, 0.6) is 0 Å². The topological polar surface area (TPSA) is 65.5 Å². The minimum Gasteiger partial charge on any atom is -0.394 e. The number of hydrogen-bond acceptors (Lipinski definition) is 4. The number of nitrogens with one attached hydrogen (secondary N) is 1. The number of hydrogen-bond donors (Lipinski definition) is 2. The molecule has 1 fully saturated rings. The van der Waals surface area contributed by atoms with E-state index in [9.17, 15) is 9.90 Å². The van der Waals surface area contributed by atoms with Crippen molar-refractivity contribution in [1.82, 2.24) is 9.88 Å². The lowest BCUT2D eigenvalue weighted by Crippen LogP contribution is -2.43. The van der Waals surface area contributed by atoms with Crippen molar-refractivity contribution in [3.05, 3.63) is 65.5 Å². The number of pyridine rings is 1. The van der Waals surface area contributed by atoms with Gasteiger partial charge in [-0.25, -0.2) is 0 Å². The van der Waals surface area contributed by atoms with Crippen molar-refractivity contribution in [2.45, 2.75) is 44.2 Å². The molecule has 3 heterocycles. The Morgan fingerprint density at radius 3 is 2.97 bits per heavy atom. The van der Waals surface area contributed by atoms with E-state index in [0.29, 0.717) is 12.1 Å². The predicted octanol–water partition coefficient (Wildman–Crippen LogP) is 4.03. The fourth-order valence-electron chi connectivity index (χ4n) is 5.25. The third kappa shape index (κ3) is 3.23. The number of aromatic nitrogens is 1. The van der Waals surface area contributed by atoms with Crippen LogP contribution in [-0.4, -0.2) is 40.1 Å². The number of likely N-dealkylation sites (tertiary alicyclic amines) is 1. The quantitative estimate of drug-likeness (QED) is 0.832. The summed E-state index contributed by atoms with van der Waals surface area (Å²) in [4.78, 5) is 19.4. The minimum atomic E-state index is -0.0288. The van der Waals surface area contributed by atoms with Crippen LogP contribution in [0.2, 0.25) is 0 Å². The maximum absolute atomic E-state index is 13.3. The van der Waals surface area contributed by atoms with Crippen molar-refractivity contribution < 1.29 is 9.90 Å². The first kappa shape index (κ1) is 18.4. The van der Waals surface area contributed by atoms with Gasteiger partial charge in [-0.2, -0.15) is 0 Å². The van der Waals surface area contributed by atoms with Crippen molar-refractivity contribution in [1.29, 1.82) is 0 Å². The van der Waals surface area contributed by atoms with E-state index in [1.807, 2.05) is 11.0 Å². The Labute approximate surface area is 171 Å². The molecule has 2 N–H and O–H groups in total. The second kappa shape index (κ2) is 7.64. The van der Waals surface area contributed by atoms with E-state index in [4.69, 9.17) is 0 Å². The standard InChI is InChI=1S/C24H27N3O2/c28-15-22-19-10-12-27(24(29)18-7-4-11-25-14-18)23(19)20-13-17(8-9-21(20)26-22)16-5-2-1-3-6-16/h4-5,7-9,11,13-14,19,22-23,26,28H,1-3,6,10,12,15H2/t19-,22-,23-/m1/s1. The van der Waals surface area contributed by atoms with Crippen LogP contribution in [0, 0.1) is 5.92 Å². The Bertz CT molecular complexity index is 940. The first-order valence-corrected chi connectivity index (χ1v) is 10.7. The molecule has 3 atom stereocenters. The molecule has 0 bridgehead atoms. The lowest BCUT2D eigenvalue weighted by Gasteiger charge is -2.39. The van der Waals surface area contributed by atoms with Gasteiger partial charge in [-0.3, -0.25) is 9.78 Å². The molecule has 29 heavy (non-hydrogen) atoms. The Kier molecular flexibility index (Phi) is 4.84. The molecule has 2 aromatic rings. The van der Waals surface area contributed by atoms with E-state index in [1.54, 1.807) is 18.5 Å². The van der Waals surface area contributed by atoms with E-state index in [2.05, 4.69) is 34.6 Å². The fraction of sp³-hybridized carbons (Fsp3) is 0.417. The molecular weight excluding hydrogens is 362 g/mol. The zero-order chi connectivity index (χ0) is 19.8. The molecule has 1 aromatic heterocycles. The monoisotopic (exact) mass is 389 g/mol. The Morgan fingerprint density at radius 2 is 2.21 bits per heavy atom. The number of anilines is 1. The fourth-order valence-corrected chi connectivity index (χ4v) is 5.25. The Morgan fingerprint density at radius 1 is 1.28 bits per heavy atom. The van der Waals surface area contributed by atoms with Crippen LogP contribution in [0.4, 0.5) is 5.69 Å². The first-order chi connectivity index (χ1) is 14.3. The number of benzene rings is 1. The number of nitrogens with zero attached hydrogens (tertiary/aromatic N) is 2. The second-order valence-electron chi connectivity index (χ2n) is 8.35. The first-order valence-electron chi connectivity index (χ1n) is 10.7. The Hall–Kier alpha value is -2.66. The van der Waals surface area contributed by atoms with Gasteiger partial charge in [0.15, 0.2) is 0 Å². The molecule has 0 unspecified atom stereocenters. The maximum Gasteiger partial charge on any atom is 0.255 e. The maximum atomic E-state index is 13.3. The molecule has 5 heteroatoms. The van der Waals surface area contributed by atoms with Crippen LogP contribution in [-0.2, 0) is 0 Å². The molecule has 0 saturated carbocycles. The van der Waals surface area contributed by atoms with Gasteiger partial charge >= 0.3 is 0 Å². The lowest BCUT2D eigenvalue weighted by atomic mass is 9.81. The molecule has 1 saturated heterocycles. The molecule has 0 spiro atoms. The summed E-state index contributed by atoms with van der Waals surface area (Å²) in [5.74, 6) is 0.237. The molecule has 1 amide bonds. The number of carbonyl (C=O) groups is 1. The van der Waals surface area contributed by atoms with Crippen LogP contribution < -0.4 is 5.32 Å². The summed E-state index contributed by atoms with van der Waals surface area (Å²) in [6.07, 6.45) is 11.4. The number of aliphatic hydroxyl groups excluding tert-OH is 1. The van der Waals surface area contributed by atoms with Crippen LogP contribution in [0.3, 0.4) is 0 Å². The third-order valence-electron chi connectivity index (χ3n) is 6.70. The Balaban J connectivity index is 1.55. The molecule has 5 nitrogen and oxygen atoms in total. The van der Waals surface area contributed by atoms with Crippen molar-refractivity contribution in [3.63, 3.8) is 0 Å². The van der Waals surface area contributed by atoms with Gasteiger partial charge in [0.25, 0.3) is 5.91 Å². The molecule has 2 aliphatic heterocycles. The largest absolute Gasteiger partial charge is 0.394 e. The number of fused-ring (bicyclic) bond motifs is 3. The zero-order valence-corrected chi connectivity index (χ0v) is 16.6. The zero-order valence-electron chi connectivity index (χ0n) is 16.6. The van der Waals surface area contributed by atoms with Crippen LogP contribution in [0.25, 0.3) is 5.57 Å². The van der Waals surface area contributed by atoms with Gasteiger partial charge in [-0.1, -0.05) is 12.1 Å². The number of aliphatic hydroxyl groups is 1. The molecule has 3 aliphatic rings. The third-order valence-corrected chi connectivity index (χ3v) is 6.70. The van der Waals surface area contributed by atoms with Gasteiger partial charge < -0.3 is 15.3 Å². The summed E-state index contributed by atoms with van der Waals surface area (Å²) < 4.78 is 0. The van der Waals surface area contributed by atoms with Gasteiger partial charge in [0.05, 0.1) is 24.3 Å². The van der Waals surface area contributed by atoms with Gasteiger partial charge in [0, 0.05) is 30.5 Å². The summed E-state index contributed by atoms with van der Waals surface area (Å²) in [5.41, 5.74) is 5.53. The van der Waals surface area contributed by atoms with Crippen molar-refractivity contribution in [2.75, 3.05) is 18.5 Å². The number of allylic oxidation sites excluding steroid dienone is 2. The molecule has 150 valence electrons. The molecular formula is C24H27N3O2. The summed E-state index contributed by atoms with van der Waals surface area (Å²) in [7, 11) is 0. The summed E-state index contributed by atoms with van der Waals surface area (Å²) in [6, 6.07) is 10.2. The molecule has 0 radical (unpaired) electrons. The molecule has 1 aliphatic carbocycles. The van der Waals surface area contributed by atoms with Gasteiger partial charge in [-0.15, -0.1) is 0 Å². The normalized spacial score (nSPS) is 25.6. The average molecular weight is 389 g/mol. The lowest BCUT2D eigenvalue weighted by molar-refractivity contribution is 0.0700. The van der Waals surface area contributed by atoms with E-state index in [-0.39, 0.29) is 30.5 Å². The van der Waals surface area contributed by atoms with Crippen molar-refractivity contribution in [3.8, 4) is 0 Å². The van der Waals surface area contributed by atoms with Gasteiger partial charge in [0.1, 0.15) is 0 Å². The second-order valence-corrected chi connectivity index (χ2v) is 8.35. The summed E-state index contributed by atoms with van der Waals surface area (Å²) in [5, 5.41) is 13.5. The van der Waals surface area contributed by atoms with E-state index >= 15 is 0 Å². The van der Waals surface area contributed by atoms with Crippen molar-refractivity contribution >= 4 is 17.2 Å². The highest BCUT2D eigenvalue weighted by atomic mass is 16.3. The van der Waals surface area contributed by atoms with Gasteiger partial charge in [0.2, 0.25) is 0 Å². The molecule has 5 rings (SSSR count). The SMILES string of the molecule is O=C(c1cccnc1)N1CC[C@@H]2[C@@H](CO)Nc3ccc(C4=CCCCC4)cc3[C@@H]21. The van der Waals surface area contributed by atoms with E-state index in [0.717, 1.165) is 24.9 Å². The number of amides is 1. The van der Waals surface area contributed by atoms with E-state index in [1.165, 1.54) is 29.5 Å². The van der Waals surface area contributed by atoms with Crippen molar-refractivity contribution in [2.24, 2.45) is 5.92 Å². The number of rotatable bonds is 3. The number of carbonyl (C=O) groups excluding carboxylic acids is 1. The summed E-state index contributed by atoms with van der Waals surface area (Å²) >= 11 is 0. The highest BCUT2D eigenvalue weighted by Gasteiger charge is 2.45. The van der Waals surface area contributed by atoms with Crippen LogP contribution in [0.15, 0.2) is 48.8 Å². The highest BCUT2D eigenvalue weighted by Crippen LogP contribution is 2.47. The van der Waals surface area contributed by atoms with Crippen LogP contribution >= 0.6 is 0 Å². The van der Waals surface area contributed by atoms with Gasteiger partial charge in [-0.05, 0) is 73.1 Å².